The lowest BCUT2D eigenvalue weighted by molar-refractivity contribution is 0.449. The van der Waals surface area contributed by atoms with Crippen LogP contribution in [0.4, 0.5) is 0 Å². The number of fused-ring (bicyclic) bond motifs is 1. The first kappa shape index (κ1) is 15.1. The summed E-state index contributed by atoms with van der Waals surface area (Å²) in [6, 6.07) is 16.7. The third-order valence-corrected chi connectivity index (χ3v) is 3.91. The Morgan fingerprint density at radius 1 is 1.00 bits per heavy atom. The summed E-state index contributed by atoms with van der Waals surface area (Å²) in [5.74, 6) is 1.92. The van der Waals surface area contributed by atoms with Gasteiger partial charge in [-0.05, 0) is 37.3 Å². The molecule has 6 heteroatoms. The first-order valence-electron chi connectivity index (χ1n) is 7.88. The number of hydrogen-bond acceptors (Lipinski definition) is 4. The van der Waals surface area contributed by atoms with Crippen LogP contribution in [0, 0.1) is 6.92 Å². The molecule has 124 valence electrons. The molecule has 0 spiro atoms. The number of rotatable bonds is 3. The first-order valence-corrected chi connectivity index (χ1v) is 7.88. The van der Waals surface area contributed by atoms with Crippen molar-refractivity contribution in [2.45, 2.75) is 6.92 Å². The van der Waals surface area contributed by atoms with Gasteiger partial charge >= 0.3 is 0 Å². The lowest BCUT2D eigenvalue weighted by Gasteiger charge is -2.13. The molecule has 0 aliphatic heterocycles. The molecule has 0 aliphatic carbocycles. The molecule has 4 rings (SSSR count). The average Bonchev–Trinajstić information content (AvgIpc) is 2.99. The molecule has 0 aliphatic rings. The van der Waals surface area contributed by atoms with Crippen molar-refractivity contribution < 1.29 is 4.74 Å². The predicted molar refractivity (Wildman–Crippen MR) is 94.9 cm³/mol. The Morgan fingerprint density at radius 3 is 2.56 bits per heavy atom. The van der Waals surface area contributed by atoms with Crippen LogP contribution in [-0.4, -0.2) is 19.2 Å². The molecule has 0 amide bonds. The van der Waals surface area contributed by atoms with E-state index in [0.29, 0.717) is 23.1 Å². The first-order chi connectivity index (χ1) is 12.1. The van der Waals surface area contributed by atoms with Gasteiger partial charge in [-0.2, -0.15) is 4.52 Å². The van der Waals surface area contributed by atoms with Gasteiger partial charge in [-0.3, -0.25) is 4.79 Å². The molecular weight excluding hydrogens is 316 g/mol. The van der Waals surface area contributed by atoms with E-state index in [1.165, 1.54) is 0 Å². The van der Waals surface area contributed by atoms with Crippen LogP contribution in [0.3, 0.4) is 0 Å². The maximum atomic E-state index is 11.7. The fourth-order valence-corrected chi connectivity index (χ4v) is 2.70. The minimum atomic E-state index is -0.0630. The van der Waals surface area contributed by atoms with E-state index < -0.39 is 0 Å². The predicted octanol–water partition coefficient (Wildman–Crippen LogP) is 3.20. The Balaban J connectivity index is 1.95. The van der Waals surface area contributed by atoms with Crippen LogP contribution in [0.15, 0.2) is 65.6 Å². The van der Waals surface area contributed by atoms with E-state index in [1.54, 1.807) is 34.5 Å². The van der Waals surface area contributed by atoms with Gasteiger partial charge in [0.1, 0.15) is 11.6 Å². The van der Waals surface area contributed by atoms with Gasteiger partial charge in [0.05, 0.1) is 0 Å². The molecule has 6 nitrogen and oxygen atoms in total. The van der Waals surface area contributed by atoms with Gasteiger partial charge in [-0.1, -0.05) is 18.2 Å². The van der Waals surface area contributed by atoms with Crippen molar-refractivity contribution in [3.63, 3.8) is 0 Å². The molecule has 25 heavy (non-hydrogen) atoms. The zero-order valence-corrected chi connectivity index (χ0v) is 13.9. The van der Waals surface area contributed by atoms with Crippen LogP contribution < -0.4 is 10.3 Å². The molecular formula is C19H16N4O2. The Labute approximate surface area is 144 Å². The van der Waals surface area contributed by atoms with Crippen LogP contribution in [-0.2, 0) is 7.05 Å². The second kappa shape index (κ2) is 5.90. The number of pyridine rings is 2. The van der Waals surface area contributed by atoms with Crippen molar-refractivity contribution in [3.8, 4) is 22.8 Å². The summed E-state index contributed by atoms with van der Waals surface area (Å²) in [5.41, 5.74) is 2.34. The summed E-state index contributed by atoms with van der Waals surface area (Å²) in [4.78, 5) is 16.1. The summed E-state index contributed by atoms with van der Waals surface area (Å²) in [5, 5.41) is 4.45. The highest BCUT2D eigenvalue weighted by molar-refractivity contribution is 5.70. The highest BCUT2D eigenvalue weighted by Gasteiger charge is 2.15. The number of hydrogen-bond donors (Lipinski definition) is 0. The zero-order valence-electron chi connectivity index (χ0n) is 13.9. The molecule has 3 heterocycles. The molecule has 0 atom stereocenters. The molecule has 0 N–H and O–H groups in total. The average molecular weight is 332 g/mol. The maximum absolute atomic E-state index is 11.7. The molecule has 0 unspecified atom stereocenters. The molecule has 0 radical (unpaired) electrons. The molecule has 0 saturated heterocycles. The molecule has 4 aromatic rings. The van der Waals surface area contributed by atoms with E-state index in [2.05, 4.69) is 10.1 Å². The van der Waals surface area contributed by atoms with Gasteiger partial charge in [0.15, 0.2) is 5.65 Å². The second-order valence-electron chi connectivity index (χ2n) is 5.76. The number of aromatic nitrogens is 4. The maximum Gasteiger partial charge on any atom is 0.250 e. The summed E-state index contributed by atoms with van der Waals surface area (Å²) in [6.07, 6.45) is 1.78. The van der Waals surface area contributed by atoms with Gasteiger partial charge in [0, 0.05) is 30.4 Å². The largest absolute Gasteiger partial charge is 0.438 e. The van der Waals surface area contributed by atoms with Crippen molar-refractivity contribution >= 4 is 5.65 Å². The number of benzene rings is 1. The molecule has 0 fully saturated rings. The Bertz CT molecular complexity index is 1110. The highest BCUT2D eigenvalue weighted by Crippen LogP contribution is 2.33. The Kier molecular flexibility index (Phi) is 3.57. The Morgan fingerprint density at radius 2 is 1.80 bits per heavy atom. The fraction of sp³-hybridized carbons (Fsp3) is 0.105. The van der Waals surface area contributed by atoms with Crippen LogP contribution in [0.5, 0.6) is 11.6 Å². The van der Waals surface area contributed by atoms with Crippen molar-refractivity contribution in [2.75, 3.05) is 0 Å². The van der Waals surface area contributed by atoms with Crippen molar-refractivity contribution in [1.29, 1.82) is 0 Å². The van der Waals surface area contributed by atoms with Crippen molar-refractivity contribution in [2.24, 2.45) is 7.05 Å². The topological polar surface area (TPSA) is 61.4 Å². The third-order valence-electron chi connectivity index (χ3n) is 3.91. The molecule has 1 aromatic carbocycles. The minimum Gasteiger partial charge on any atom is -0.438 e. The zero-order chi connectivity index (χ0) is 17.4. The highest BCUT2D eigenvalue weighted by atomic mass is 16.5. The van der Waals surface area contributed by atoms with E-state index >= 15 is 0 Å². The summed E-state index contributed by atoms with van der Waals surface area (Å²) < 4.78 is 9.36. The van der Waals surface area contributed by atoms with E-state index in [1.807, 2.05) is 49.4 Å². The smallest absolute Gasteiger partial charge is 0.250 e. The van der Waals surface area contributed by atoms with Crippen molar-refractivity contribution in [1.82, 2.24) is 19.2 Å². The quantitative estimate of drug-likeness (QED) is 0.578. The van der Waals surface area contributed by atoms with Gasteiger partial charge in [0.2, 0.25) is 11.4 Å². The van der Waals surface area contributed by atoms with Gasteiger partial charge < -0.3 is 9.30 Å². The molecule has 0 saturated carbocycles. The van der Waals surface area contributed by atoms with Crippen LogP contribution >= 0.6 is 0 Å². The number of para-hydroxylation sites is 1. The second-order valence-corrected chi connectivity index (χ2v) is 5.76. The monoisotopic (exact) mass is 332 g/mol. The minimum absolute atomic E-state index is 0.0630. The van der Waals surface area contributed by atoms with Gasteiger partial charge in [0.25, 0.3) is 0 Å². The lowest BCUT2D eigenvalue weighted by Crippen LogP contribution is -2.14. The van der Waals surface area contributed by atoms with Gasteiger partial charge in [-0.15, -0.1) is 5.10 Å². The summed E-state index contributed by atoms with van der Waals surface area (Å²) in [7, 11) is 1.72. The standard InChI is InChI=1S/C19H16N4O2/c1-13-20-17-10-9-16(14-8-11-18(24)22(2)12-14)19(23(17)21-13)25-15-6-4-3-5-7-15/h3-12H,1-2H3. The molecule has 3 aromatic heterocycles. The van der Waals surface area contributed by atoms with E-state index in [4.69, 9.17) is 4.74 Å². The number of aryl methyl sites for hydroxylation is 2. The summed E-state index contributed by atoms with van der Waals surface area (Å²) >= 11 is 0. The molecule has 0 bridgehead atoms. The Hall–Kier alpha value is -3.41. The number of ether oxygens (including phenoxy) is 1. The van der Waals surface area contributed by atoms with Crippen LogP contribution in [0.2, 0.25) is 0 Å². The van der Waals surface area contributed by atoms with E-state index in [0.717, 1.165) is 11.1 Å². The van der Waals surface area contributed by atoms with Crippen molar-refractivity contribution in [3.05, 3.63) is 77.0 Å². The van der Waals surface area contributed by atoms with Crippen LogP contribution in [0.1, 0.15) is 5.82 Å². The summed E-state index contributed by atoms with van der Waals surface area (Å²) in [6.45, 7) is 1.84. The van der Waals surface area contributed by atoms with Crippen LogP contribution in [0.25, 0.3) is 16.8 Å². The number of nitrogens with zero attached hydrogens (tertiary/aromatic N) is 4. The van der Waals surface area contributed by atoms with E-state index in [-0.39, 0.29) is 5.56 Å². The van der Waals surface area contributed by atoms with Gasteiger partial charge in [-0.25, -0.2) is 4.98 Å². The fourth-order valence-electron chi connectivity index (χ4n) is 2.70. The normalized spacial score (nSPS) is 11.0. The van der Waals surface area contributed by atoms with E-state index in [9.17, 15) is 4.79 Å². The third kappa shape index (κ3) is 2.78. The SMILES string of the molecule is Cc1nc2ccc(-c3ccc(=O)n(C)c3)c(Oc3ccccc3)n2n1. The lowest BCUT2D eigenvalue weighted by atomic mass is 10.1.